The largest absolute Gasteiger partial charge is 0.434 e. The van der Waals surface area contributed by atoms with Crippen molar-refractivity contribution in [2.45, 2.75) is 6.18 Å². The summed E-state index contributed by atoms with van der Waals surface area (Å²) in [6.07, 6.45) is -4.23. The van der Waals surface area contributed by atoms with E-state index in [1.54, 1.807) is 11.8 Å². The van der Waals surface area contributed by atoms with Gasteiger partial charge in [0.1, 0.15) is 5.56 Å². The molecular formula is C8H4F3N3O2. The normalized spacial score (nSPS) is 10.4. The van der Waals surface area contributed by atoms with Crippen LogP contribution in [0.5, 0.6) is 0 Å². The first kappa shape index (κ1) is 11.8. The summed E-state index contributed by atoms with van der Waals surface area (Å²) in [6.45, 7) is 0. The number of aromatic nitrogens is 2. The van der Waals surface area contributed by atoms with Crippen molar-refractivity contribution in [2.75, 3.05) is 0 Å². The van der Waals surface area contributed by atoms with Gasteiger partial charge in [-0.15, -0.1) is 0 Å². The Hall–Kier alpha value is -2.30. The standard InChI is InChI=1S/C8H4F3N3O2/c9-8(10,11)6-4(1-2-5(12)15)7(16)14-3-13-6/h3H,(H2,12,15)(H,13,14,16). The van der Waals surface area contributed by atoms with Gasteiger partial charge in [-0.25, -0.2) is 4.98 Å². The minimum atomic E-state index is -4.82. The number of hydrogen-bond acceptors (Lipinski definition) is 3. The molecule has 0 saturated carbocycles. The lowest BCUT2D eigenvalue weighted by Crippen LogP contribution is -2.21. The minimum absolute atomic E-state index is 0.598. The van der Waals surface area contributed by atoms with Gasteiger partial charge in [-0.05, 0) is 5.92 Å². The topological polar surface area (TPSA) is 88.8 Å². The van der Waals surface area contributed by atoms with E-state index in [4.69, 9.17) is 0 Å². The summed E-state index contributed by atoms with van der Waals surface area (Å²) in [5, 5.41) is 0. The molecule has 1 rings (SSSR count). The maximum absolute atomic E-state index is 12.4. The molecule has 0 aromatic carbocycles. The van der Waals surface area contributed by atoms with E-state index in [0.717, 1.165) is 0 Å². The Labute approximate surface area is 86.5 Å². The van der Waals surface area contributed by atoms with E-state index in [1.165, 1.54) is 0 Å². The fraction of sp³-hybridized carbons (Fsp3) is 0.125. The molecule has 5 nitrogen and oxygen atoms in total. The molecule has 0 unspecified atom stereocenters. The lowest BCUT2D eigenvalue weighted by atomic mass is 10.2. The van der Waals surface area contributed by atoms with Crippen molar-refractivity contribution in [3.8, 4) is 11.8 Å². The van der Waals surface area contributed by atoms with Crippen LogP contribution in [-0.4, -0.2) is 15.9 Å². The van der Waals surface area contributed by atoms with Crippen molar-refractivity contribution in [3.63, 3.8) is 0 Å². The van der Waals surface area contributed by atoms with Gasteiger partial charge < -0.3 is 10.7 Å². The fourth-order valence-corrected chi connectivity index (χ4v) is 0.855. The van der Waals surface area contributed by atoms with Gasteiger partial charge >= 0.3 is 6.18 Å². The van der Waals surface area contributed by atoms with Crippen LogP contribution in [-0.2, 0) is 11.0 Å². The molecule has 0 radical (unpaired) electrons. The zero-order valence-electron chi connectivity index (χ0n) is 7.55. The zero-order chi connectivity index (χ0) is 12.3. The minimum Gasteiger partial charge on any atom is -0.359 e. The maximum Gasteiger partial charge on any atom is 0.434 e. The van der Waals surface area contributed by atoms with Gasteiger partial charge in [0.25, 0.3) is 11.5 Å². The highest BCUT2D eigenvalue weighted by Gasteiger charge is 2.36. The summed E-state index contributed by atoms with van der Waals surface area (Å²) in [4.78, 5) is 26.2. The Morgan fingerprint density at radius 1 is 1.50 bits per heavy atom. The first-order valence-electron chi connectivity index (χ1n) is 3.78. The second kappa shape index (κ2) is 4.06. The molecule has 0 saturated heterocycles. The van der Waals surface area contributed by atoms with Crippen molar-refractivity contribution < 1.29 is 18.0 Å². The maximum atomic E-state index is 12.4. The number of aromatic amines is 1. The molecule has 0 aliphatic rings. The van der Waals surface area contributed by atoms with E-state index >= 15 is 0 Å². The Balaban J connectivity index is 3.44. The van der Waals surface area contributed by atoms with E-state index in [2.05, 4.69) is 10.7 Å². The average Bonchev–Trinajstić information content (AvgIpc) is 2.13. The quantitative estimate of drug-likeness (QED) is 0.597. The van der Waals surface area contributed by atoms with E-state index in [9.17, 15) is 22.8 Å². The summed E-state index contributed by atoms with van der Waals surface area (Å²) in [7, 11) is 0. The average molecular weight is 231 g/mol. The number of rotatable bonds is 0. The molecule has 0 spiro atoms. The van der Waals surface area contributed by atoms with Gasteiger partial charge in [-0.1, -0.05) is 0 Å². The predicted octanol–water partition coefficient (Wildman–Crippen LogP) is -0.374. The number of alkyl halides is 3. The molecule has 84 valence electrons. The number of amides is 1. The van der Waals surface area contributed by atoms with Gasteiger partial charge in [0.05, 0.1) is 6.33 Å². The predicted molar refractivity (Wildman–Crippen MR) is 45.9 cm³/mol. The van der Waals surface area contributed by atoms with Crippen LogP contribution in [0.1, 0.15) is 11.3 Å². The highest BCUT2D eigenvalue weighted by Crippen LogP contribution is 2.28. The fourth-order valence-electron chi connectivity index (χ4n) is 0.855. The molecule has 16 heavy (non-hydrogen) atoms. The number of nitrogens with two attached hydrogens (primary N) is 1. The van der Waals surface area contributed by atoms with Gasteiger partial charge in [-0.3, -0.25) is 9.59 Å². The molecule has 0 aliphatic heterocycles. The van der Waals surface area contributed by atoms with Crippen LogP contribution in [0.3, 0.4) is 0 Å². The Kier molecular flexibility index (Phi) is 2.99. The molecule has 0 bridgehead atoms. The highest BCUT2D eigenvalue weighted by molar-refractivity contribution is 5.92. The van der Waals surface area contributed by atoms with Crippen molar-refractivity contribution in [2.24, 2.45) is 5.73 Å². The molecule has 3 N–H and O–H groups in total. The number of nitrogens with zero attached hydrogens (tertiary/aromatic N) is 1. The van der Waals surface area contributed by atoms with Crippen molar-refractivity contribution in [1.82, 2.24) is 9.97 Å². The first-order valence-corrected chi connectivity index (χ1v) is 3.78. The number of nitrogens with one attached hydrogen (secondary N) is 1. The van der Waals surface area contributed by atoms with Crippen molar-refractivity contribution >= 4 is 5.91 Å². The molecule has 0 fully saturated rings. The van der Waals surface area contributed by atoms with Crippen LogP contribution in [0.15, 0.2) is 11.1 Å². The van der Waals surface area contributed by atoms with Crippen LogP contribution in [0, 0.1) is 11.8 Å². The number of H-pyrrole nitrogens is 1. The van der Waals surface area contributed by atoms with E-state index in [-0.39, 0.29) is 0 Å². The summed E-state index contributed by atoms with van der Waals surface area (Å²) < 4.78 is 37.1. The van der Waals surface area contributed by atoms with Gasteiger partial charge in [-0.2, -0.15) is 13.2 Å². The van der Waals surface area contributed by atoms with Gasteiger partial charge in [0.2, 0.25) is 0 Å². The van der Waals surface area contributed by atoms with E-state index in [0.29, 0.717) is 6.33 Å². The second-order valence-electron chi connectivity index (χ2n) is 2.57. The van der Waals surface area contributed by atoms with Crippen LogP contribution < -0.4 is 11.3 Å². The molecule has 0 aliphatic carbocycles. The second-order valence-corrected chi connectivity index (χ2v) is 2.57. The number of carbonyl (C=O) groups is 1. The van der Waals surface area contributed by atoms with Crippen LogP contribution in [0.2, 0.25) is 0 Å². The summed E-state index contributed by atoms with van der Waals surface area (Å²) in [5.74, 6) is 2.24. The third kappa shape index (κ3) is 2.60. The number of halogens is 3. The van der Waals surface area contributed by atoms with Crippen LogP contribution >= 0.6 is 0 Å². The third-order valence-electron chi connectivity index (χ3n) is 1.43. The van der Waals surface area contributed by atoms with Gasteiger partial charge in [0.15, 0.2) is 5.69 Å². The first-order chi connectivity index (χ1) is 7.32. The lowest BCUT2D eigenvalue weighted by molar-refractivity contribution is -0.141. The van der Waals surface area contributed by atoms with E-state index < -0.39 is 28.9 Å². The molecule has 0 atom stereocenters. The van der Waals surface area contributed by atoms with Crippen molar-refractivity contribution in [1.29, 1.82) is 0 Å². The highest BCUT2D eigenvalue weighted by atomic mass is 19.4. The third-order valence-corrected chi connectivity index (χ3v) is 1.43. The van der Waals surface area contributed by atoms with Crippen molar-refractivity contribution in [3.05, 3.63) is 27.9 Å². The molecular weight excluding hydrogens is 227 g/mol. The Bertz CT molecular complexity index is 536. The SMILES string of the molecule is NC(=O)C#Cc1c(C(F)(F)F)nc[nH]c1=O. The van der Waals surface area contributed by atoms with Gasteiger partial charge in [0, 0.05) is 5.92 Å². The summed E-state index contributed by atoms with van der Waals surface area (Å²) >= 11 is 0. The Morgan fingerprint density at radius 3 is 2.62 bits per heavy atom. The molecule has 1 heterocycles. The molecule has 1 amide bonds. The Morgan fingerprint density at radius 2 is 2.12 bits per heavy atom. The van der Waals surface area contributed by atoms with Crippen LogP contribution in [0.4, 0.5) is 13.2 Å². The molecule has 8 heteroatoms. The number of primary amides is 1. The van der Waals surface area contributed by atoms with E-state index in [1.807, 2.05) is 4.98 Å². The number of carbonyl (C=O) groups excluding carboxylic acids is 1. The summed E-state index contributed by atoms with van der Waals surface area (Å²) in [5.41, 5.74) is 1.15. The molecule has 1 aromatic rings. The summed E-state index contributed by atoms with van der Waals surface area (Å²) in [6, 6.07) is 0. The number of hydrogen-bond donors (Lipinski definition) is 2. The van der Waals surface area contributed by atoms with Crippen LogP contribution in [0.25, 0.3) is 0 Å². The monoisotopic (exact) mass is 231 g/mol. The lowest BCUT2D eigenvalue weighted by Gasteiger charge is -2.05. The zero-order valence-corrected chi connectivity index (χ0v) is 7.55. The smallest absolute Gasteiger partial charge is 0.359 e. The molecule has 1 aromatic heterocycles.